The van der Waals surface area contributed by atoms with Crippen LogP contribution in [-0.4, -0.2) is 20.7 Å². The summed E-state index contributed by atoms with van der Waals surface area (Å²) in [5, 5.41) is 3.90. The molecule has 0 bridgehead atoms. The summed E-state index contributed by atoms with van der Waals surface area (Å²) in [6.45, 7) is 0. The summed E-state index contributed by atoms with van der Waals surface area (Å²) in [5.74, 6) is -0.506. The van der Waals surface area contributed by atoms with Crippen LogP contribution in [0.15, 0.2) is 22.9 Å². The van der Waals surface area contributed by atoms with Gasteiger partial charge in [-0.1, -0.05) is 12.1 Å². The van der Waals surface area contributed by atoms with Crippen LogP contribution in [0.5, 0.6) is 0 Å². The predicted octanol–water partition coefficient (Wildman–Crippen LogP) is 1.44. The summed E-state index contributed by atoms with van der Waals surface area (Å²) in [5.41, 5.74) is 1.93. The zero-order chi connectivity index (χ0) is 12.0. The van der Waals surface area contributed by atoms with Crippen LogP contribution >= 0.6 is 22.7 Å². The molecule has 0 aromatic carbocycles. The molecule has 2 aromatic rings. The molecule has 0 fully saturated rings. The minimum atomic E-state index is -3.14. The summed E-state index contributed by atoms with van der Waals surface area (Å²) in [4.78, 5) is 1.05. The van der Waals surface area contributed by atoms with Crippen molar-refractivity contribution in [1.82, 2.24) is 0 Å². The van der Waals surface area contributed by atoms with Crippen molar-refractivity contribution in [3.05, 3.63) is 33.3 Å². The van der Waals surface area contributed by atoms with Gasteiger partial charge in [0.1, 0.15) is 9.69 Å². The average molecular weight is 280 g/mol. The van der Waals surface area contributed by atoms with Crippen molar-refractivity contribution in [3.63, 3.8) is 0 Å². The third-order valence-electron chi connectivity index (χ3n) is 2.82. The lowest BCUT2D eigenvalue weighted by Crippen LogP contribution is -2.48. The average Bonchev–Trinajstić information content (AvgIpc) is 2.82. The number of rotatable bonds is 1. The zero-order valence-corrected chi connectivity index (χ0v) is 11.5. The first-order chi connectivity index (χ1) is 8.07. The van der Waals surface area contributed by atoms with Crippen molar-refractivity contribution in [3.8, 4) is 0 Å². The number of fused-ring (bicyclic) bond motifs is 2. The quantitative estimate of drug-likeness (QED) is 0.741. The van der Waals surface area contributed by atoms with Gasteiger partial charge in [0.25, 0.3) is 0 Å². The van der Waals surface area contributed by atoms with Gasteiger partial charge in [0.05, 0.1) is 0 Å². The van der Waals surface area contributed by atoms with Crippen LogP contribution < -0.4 is 10.2 Å². The van der Waals surface area contributed by atoms with E-state index in [0.717, 1.165) is 20.7 Å². The maximum absolute atomic E-state index is 12.0. The summed E-state index contributed by atoms with van der Waals surface area (Å²) in [6, 6.07) is 3.90. The molecule has 0 aliphatic carbocycles. The van der Waals surface area contributed by atoms with Gasteiger partial charge in [-0.15, -0.1) is 11.3 Å². The molecular formula is C11H9BO2S3. The molecule has 17 heavy (non-hydrogen) atoms. The smallest absolute Gasteiger partial charge is 0.240 e. The van der Waals surface area contributed by atoms with Gasteiger partial charge >= 0.3 is 5.99 Å². The number of thiophene rings is 2. The summed E-state index contributed by atoms with van der Waals surface area (Å²) in [7, 11) is -3.14. The van der Waals surface area contributed by atoms with Gasteiger partial charge in [0.2, 0.25) is 0 Å². The molecule has 3 rings (SSSR count). The molecule has 1 aliphatic rings. The van der Waals surface area contributed by atoms with Crippen LogP contribution in [0.2, 0.25) is 0 Å². The van der Waals surface area contributed by atoms with E-state index < -0.39 is 15.7 Å². The molecule has 0 unspecified atom stereocenters. The van der Waals surface area contributed by atoms with Crippen LogP contribution in [0.4, 0.5) is 0 Å². The van der Waals surface area contributed by atoms with E-state index in [4.69, 9.17) is 0 Å². The molecule has 2 nitrogen and oxygen atoms in total. The molecule has 3 heterocycles. The monoisotopic (exact) mass is 280 g/mol. The summed E-state index contributed by atoms with van der Waals surface area (Å²) < 4.78 is 25.0. The van der Waals surface area contributed by atoms with Crippen LogP contribution in [-0.2, 0) is 9.69 Å². The minimum Gasteiger partial charge on any atom is -0.240 e. The van der Waals surface area contributed by atoms with E-state index in [2.05, 4.69) is 0 Å². The van der Waals surface area contributed by atoms with Gasteiger partial charge in [-0.3, -0.25) is 0 Å². The van der Waals surface area contributed by atoms with Crippen molar-refractivity contribution in [2.24, 2.45) is 0 Å². The first-order valence-electron chi connectivity index (χ1n) is 5.09. The van der Waals surface area contributed by atoms with Crippen LogP contribution in [0.1, 0.15) is 10.4 Å². The highest BCUT2D eigenvalue weighted by Crippen LogP contribution is 2.20. The highest BCUT2D eigenvalue weighted by molar-refractivity contribution is 8.21. The third-order valence-corrected chi connectivity index (χ3v) is 6.21. The molecule has 86 valence electrons. The van der Waals surface area contributed by atoms with Crippen molar-refractivity contribution in [2.75, 3.05) is 6.26 Å². The second-order valence-corrected chi connectivity index (χ2v) is 8.05. The molecule has 0 radical (unpaired) electrons. The van der Waals surface area contributed by atoms with E-state index >= 15 is 0 Å². The first kappa shape index (κ1) is 11.3. The van der Waals surface area contributed by atoms with E-state index in [1.54, 1.807) is 11.3 Å². The Morgan fingerprint density at radius 1 is 1.12 bits per heavy atom. The lowest BCUT2D eigenvalue weighted by atomic mass is 9.66. The molecule has 0 amide bonds. The van der Waals surface area contributed by atoms with E-state index in [0.29, 0.717) is 0 Å². The Labute approximate surface area is 109 Å². The predicted molar refractivity (Wildman–Crippen MR) is 77.4 cm³/mol. The van der Waals surface area contributed by atoms with Gasteiger partial charge in [-0.25, -0.2) is 8.42 Å². The van der Waals surface area contributed by atoms with Crippen LogP contribution in [0.25, 0.3) is 12.2 Å². The van der Waals surface area contributed by atoms with Crippen molar-refractivity contribution in [1.29, 1.82) is 0 Å². The van der Waals surface area contributed by atoms with Crippen molar-refractivity contribution >= 4 is 60.7 Å². The highest BCUT2D eigenvalue weighted by atomic mass is 32.2. The third kappa shape index (κ3) is 1.80. The molecule has 6 heteroatoms. The molecular weight excluding hydrogens is 271 g/mol. The number of hydrogen-bond acceptors (Lipinski definition) is 4. The summed E-state index contributed by atoms with van der Waals surface area (Å²) in [6.07, 6.45) is 5.33. The standard InChI is InChI=1S/C11H9BO2S3/c1-17(13,14)12-9-5-7-15-10(9)3-2-8-4-6-16-11(8)12/h2-7H,1H3. The molecule has 1 aliphatic heterocycles. The molecule has 0 saturated carbocycles. The van der Waals surface area contributed by atoms with Gasteiger partial charge < -0.3 is 0 Å². The van der Waals surface area contributed by atoms with Crippen LogP contribution in [0.3, 0.4) is 0 Å². The highest BCUT2D eigenvalue weighted by Gasteiger charge is 2.36. The van der Waals surface area contributed by atoms with Gasteiger partial charge in [0, 0.05) is 15.9 Å². The second-order valence-electron chi connectivity index (χ2n) is 4.02. The largest absolute Gasteiger partial charge is 0.367 e. The summed E-state index contributed by atoms with van der Waals surface area (Å²) >= 11 is 3.10. The molecule has 0 spiro atoms. The minimum absolute atomic E-state index is 0.506. The molecule has 0 saturated heterocycles. The van der Waals surface area contributed by atoms with E-state index in [1.807, 2.05) is 35.0 Å². The fraction of sp³-hybridized carbons (Fsp3) is 0.0909. The van der Waals surface area contributed by atoms with E-state index in [1.165, 1.54) is 17.6 Å². The molecule has 0 N–H and O–H groups in total. The Hall–Kier alpha value is -0.845. The Bertz CT molecular complexity index is 650. The molecule has 2 aromatic heterocycles. The van der Waals surface area contributed by atoms with Gasteiger partial charge in [-0.2, -0.15) is 11.3 Å². The van der Waals surface area contributed by atoms with E-state index in [9.17, 15) is 8.42 Å². The van der Waals surface area contributed by atoms with Crippen LogP contribution in [0, 0.1) is 0 Å². The SMILES string of the molecule is CS(=O)(=O)B1c2ccsc2C=Cc2ccsc21. The maximum Gasteiger partial charge on any atom is 0.367 e. The van der Waals surface area contributed by atoms with Gasteiger partial charge in [-0.05, 0) is 33.9 Å². The van der Waals surface area contributed by atoms with Gasteiger partial charge in [0.15, 0.2) is 0 Å². The van der Waals surface area contributed by atoms with Crippen molar-refractivity contribution in [2.45, 2.75) is 0 Å². The lowest BCUT2D eigenvalue weighted by molar-refractivity contribution is 0.614. The number of hydrogen-bond donors (Lipinski definition) is 0. The fourth-order valence-electron chi connectivity index (χ4n) is 2.10. The normalized spacial score (nSPS) is 14.3. The van der Waals surface area contributed by atoms with E-state index in [-0.39, 0.29) is 0 Å². The fourth-order valence-corrected chi connectivity index (χ4v) is 5.77. The Kier molecular flexibility index (Phi) is 2.54. The first-order valence-corrected chi connectivity index (χ1v) is 8.80. The second kappa shape index (κ2) is 3.83. The topological polar surface area (TPSA) is 34.1 Å². The molecule has 0 atom stereocenters. The Morgan fingerprint density at radius 3 is 2.65 bits per heavy atom. The van der Waals surface area contributed by atoms with Crippen molar-refractivity contribution < 1.29 is 8.42 Å². The zero-order valence-electron chi connectivity index (χ0n) is 9.08. The Balaban J connectivity index is 2.34. The Morgan fingerprint density at radius 2 is 1.88 bits per heavy atom. The maximum atomic E-state index is 12.0. The lowest BCUT2D eigenvalue weighted by Gasteiger charge is -2.09.